The zero-order valence-electron chi connectivity index (χ0n) is 12.6. The Morgan fingerprint density at radius 1 is 1.15 bits per heavy atom. The van der Waals surface area contributed by atoms with Gasteiger partial charge in [-0.2, -0.15) is 0 Å². The van der Waals surface area contributed by atoms with Crippen LogP contribution in [0.1, 0.15) is 29.3 Å². The minimum Gasteiger partial charge on any atom is -0.328 e. The van der Waals surface area contributed by atoms with Crippen LogP contribution in [0.4, 0.5) is 0 Å². The summed E-state index contributed by atoms with van der Waals surface area (Å²) in [4.78, 5) is 5.84. The average Bonchev–Trinajstić information content (AvgIpc) is 2.30. The second kappa shape index (κ2) is 6.42. The largest absolute Gasteiger partial charge is 0.328 e. The Morgan fingerprint density at radius 3 is 2.50 bits per heavy atom. The van der Waals surface area contributed by atoms with Crippen molar-refractivity contribution in [2.24, 2.45) is 5.73 Å². The number of nitrogens with zero attached hydrogens (tertiary/aromatic N) is 1. The summed E-state index contributed by atoms with van der Waals surface area (Å²) in [6.45, 7) is 8.33. The molecule has 0 aliphatic rings. The van der Waals surface area contributed by atoms with Gasteiger partial charge in [0.25, 0.3) is 0 Å². The van der Waals surface area contributed by atoms with Crippen molar-refractivity contribution in [1.82, 2.24) is 4.98 Å². The van der Waals surface area contributed by atoms with Crippen LogP contribution in [0.2, 0.25) is 0 Å². The normalized spacial score (nSPS) is 12.4. The molecule has 2 nitrogen and oxygen atoms in total. The number of rotatable bonds is 4. The molecule has 2 rings (SSSR count). The van der Waals surface area contributed by atoms with Gasteiger partial charge in [-0.3, -0.25) is 0 Å². The van der Waals surface area contributed by atoms with E-state index >= 15 is 0 Å². The number of nitrogens with two attached hydrogens (primary N) is 1. The van der Waals surface area contributed by atoms with Crippen molar-refractivity contribution in [1.29, 1.82) is 0 Å². The lowest BCUT2D eigenvalue weighted by atomic mass is 10.1. The third-order valence-electron chi connectivity index (χ3n) is 3.09. The van der Waals surface area contributed by atoms with E-state index in [9.17, 15) is 0 Å². The highest BCUT2D eigenvalue weighted by Gasteiger charge is 2.06. The summed E-state index contributed by atoms with van der Waals surface area (Å²) in [7, 11) is 0. The fraction of sp³-hybridized carbons (Fsp3) is 0.353. The highest BCUT2D eigenvalue weighted by Crippen LogP contribution is 2.30. The Balaban J connectivity index is 2.21. The number of pyridine rings is 1. The van der Waals surface area contributed by atoms with Gasteiger partial charge in [-0.05, 0) is 69.0 Å². The maximum atomic E-state index is 5.85. The SMILES string of the molecule is Cc1cc(C)nc(Sc2ccc(CC(C)N)cc2C)c1. The first kappa shape index (κ1) is 15.1. The first-order valence-corrected chi connectivity index (χ1v) is 7.74. The Bertz CT molecular complexity index is 586. The molecule has 0 fully saturated rings. The molecule has 0 saturated heterocycles. The van der Waals surface area contributed by atoms with E-state index in [-0.39, 0.29) is 6.04 Å². The van der Waals surface area contributed by atoms with Gasteiger partial charge in [-0.25, -0.2) is 4.98 Å². The predicted octanol–water partition coefficient (Wildman–Crippen LogP) is 4.05. The maximum Gasteiger partial charge on any atom is 0.101 e. The van der Waals surface area contributed by atoms with E-state index in [2.05, 4.69) is 49.2 Å². The van der Waals surface area contributed by atoms with Gasteiger partial charge in [0, 0.05) is 16.6 Å². The van der Waals surface area contributed by atoms with Gasteiger partial charge in [0.1, 0.15) is 5.03 Å². The molecule has 2 aromatic rings. The standard InChI is InChI=1S/C17H22N2S/c1-11-7-14(4)19-17(8-11)20-16-6-5-15(9-12(16)2)10-13(3)18/h5-9,13H,10,18H2,1-4H3. The van der Waals surface area contributed by atoms with Gasteiger partial charge >= 0.3 is 0 Å². The number of benzene rings is 1. The molecule has 1 aromatic carbocycles. The summed E-state index contributed by atoms with van der Waals surface area (Å²) in [5.74, 6) is 0. The van der Waals surface area contributed by atoms with Crippen LogP contribution in [-0.2, 0) is 6.42 Å². The van der Waals surface area contributed by atoms with Crippen molar-refractivity contribution in [2.75, 3.05) is 0 Å². The lowest BCUT2D eigenvalue weighted by Crippen LogP contribution is -2.17. The molecule has 0 aliphatic heterocycles. The quantitative estimate of drug-likeness (QED) is 0.921. The fourth-order valence-corrected chi connectivity index (χ4v) is 3.31. The summed E-state index contributed by atoms with van der Waals surface area (Å²) in [6, 6.07) is 11.0. The maximum absolute atomic E-state index is 5.85. The molecule has 0 aliphatic carbocycles. The molecule has 1 heterocycles. The highest BCUT2D eigenvalue weighted by molar-refractivity contribution is 7.99. The van der Waals surface area contributed by atoms with Crippen molar-refractivity contribution in [3.63, 3.8) is 0 Å². The Morgan fingerprint density at radius 2 is 1.90 bits per heavy atom. The van der Waals surface area contributed by atoms with Crippen molar-refractivity contribution in [3.05, 3.63) is 52.7 Å². The van der Waals surface area contributed by atoms with E-state index in [1.807, 2.05) is 13.8 Å². The predicted molar refractivity (Wildman–Crippen MR) is 86.4 cm³/mol. The van der Waals surface area contributed by atoms with Crippen LogP contribution in [-0.4, -0.2) is 11.0 Å². The minimum absolute atomic E-state index is 0.203. The van der Waals surface area contributed by atoms with E-state index in [0.717, 1.165) is 17.1 Å². The Hall–Kier alpha value is -1.32. The highest BCUT2D eigenvalue weighted by atomic mass is 32.2. The van der Waals surface area contributed by atoms with E-state index in [1.54, 1.807) is 11.8 Å². The van der Waals surface area contributed by atoms with Crippen LogP contribution < -0.4 is 5.73 Å². The molecular weight excluding hydrogens is 264 g/mol. The van der Waals surface area contributed by atoms with E-state index < -0.39 is 0 Å². The molecule has 0 saturated carbocycles. The minimum atomic E-state index is 0.203. The van der Waals surface area contributed by atoms with Crippen LogP contribution in [0.15, 0.2) is 40.3 Å². The van der Waals surface area contributed by atoms with Crippen molar-refractivity contribution in [3.8, 4) is 0 Å². The lowest BCUT2D eigenvalue weighted by Gasteiger charge is -2.10. The molecule has 0 spiro atoms. The number of hydrogen-bond donors (Lipinski definition) is 1. The molecule has 0 amide bonds. The molecule has 1 atom stereocenters. The molecule has 106 valence electrons. The summed E-state index contributed by atoms with van der Waals surface area (Å²) in [6.07, 6.45) is 0.924. The van der Waals surface area contributed by atoms with Crippen molar-refractivity contribution < 1.29 is 0 Å². The third kappa shape index (κ3) is 4.09. The molecule has 1 unspecified atom stereocenters. The summed E-state index contributed by atoms with van der Waals surface area (Å²) < 4.78 is 0. The van der Waals surface area contributed by atoms with Crippen LogP contribution in [0, 0.1) is 20.8 Å². The first-order chi connectivity index (χ1) is 9.44. The molecule has 2 N–H and O–H groups in total. The summed E-state index contributed by atoms with van der Waals surface area (Å²) in [5, 5.41) is 1.06. The third-order valence-corrected chi connectivity index (χ3v) is 4.18. The summed E-state index contributed by atoms with van der Waals surface area (Å²) >= 11 is 1.73. The average molecular weight is 286 g/mol. The second-order valence-electron chi connectivity index (χ2n) is 5.51. The van der Waals surface area contributed by atoms with Crippen LogP contribution in [0.25, 0.3) is 0 Å². The van der Waals surface area contributed by atoms with E-state index in [1.165, 1.54) is 21.6 Å². The van der Waals surface area contributed by atoms with Gasteiger partial charge in [-0.15, -0.1) is 0 Å². The van der Waals surface area contributed by atoms with Gasteiger partial charge in [-0.1, -0.05) is 23.9 Å². The topological polar surface area (TPSA) is 38.9 Å². The number of aromatic nitrogens is 1. The van der Waals surface area contributed by atoms with Gasteiger partial charge in [0.05, 0.1) is 0 Å². The Labute approximate surface area is 125 Å². The van der Waals surface area contributed by atoms with E-state index in [4.69, 9.17) is 5.73 Å². The number of aryl methyl sites for hydroxylation is 3. The Kier molecular flexibility index (Phi) is 4.84. The van der Waals surface area contributed by atoms with Gasteiger partial charge in [0.2, 0.25) is 0 Å². The van der Waals surface area contributed by atoms with Crippen molar-refractivity contribution in [2.45, 2.75) is 50.1 Å². The van der Waals surface area contributed by atoms with Crippen LogP contribution >= 0.6 is 11.8 Å². The monoisotopic (exact) mass is 286 g/mol. The van der Waals surface area contributed by atoms with Gasteiger partial charge in [0.15, 0.2) is 0 Å². The molecule has 1 aromatic heterocycles. The molecular formula is C17H22N2S. The van der Waals surface area contributed by atoms with Gasteiger partial charge < -0.3 is 5.73 Å². The first-order valence-electron chi connectivity index (χ1n) is 6.92. The number of hydrogen-bond acceptors (Lipinski definition) is 3. The van der Waals surface area contributed by atoms with Crippen LogP contribution in [0.5, 0.6) is 0 Å². The molecule has 20 heavy (non-hydrogen) atoms. The molecule has 3 heteroatoms. The van der Waals surface area contributed by atoms with Crippen LogP contribution in [0.3, 0.4) is 0 Å². The zero-order chi connectivity index (χ0) is 14.7. The smallest absolute Gasteiger partial charge is 0.101 e. The zero-order valence-corrected chi connectivity index (χ0v) is 13.4. The van der Waals surface area contributed by atoms with Crippen molar-refractivity contribution >= 4 is 11.8 Å². The second-order valence-corrected chi connectivity index (χ2v) is 6.57. The molecule has 0 radical (unpaired) electrons. The van der Waals surface area contributed by atoms with E-state index in [0.29, 0.717) is 0 Å². The lowest BCUT2D eigenvalue weighted by molar-refractivity contribution is 0.737. The summed E-state index contributed by atoms with van der Waals surface area (Å²) in [5.41, 5.74) is 10.8. The molecule has 0 bridgehead atoms. The fourth-order valence-electron chi connectivity index (χ4n) is 2.29.